The van der Waals surface area contributed by atoms with E-state index >= 15 is 0 Å². The van der Waals surface area contributed by atoms with E-state index in [-0.39, 0.29) is 6.04 Å². The molecular weight excluding hydrogens is 132 g/mol. The Labute approximate surface area is 59.0 Å². The molecule has 0 spiro atoms. The highest BCUT2D eigenvalue weighted by atomic mass is 16.1. The van der Waals surface area contributed by atoms with Crippen LogP contribution in [0.25, 0.3) is 10.4 Å². The van der Waals surface area contributed by atoms with Gasteiger partial charge >= 0.3 is 0 Å². The Hall–Kier alpha value is -1.22. The second-order valence-corrected chi connectivity index (χ2v) is 1.85. The lowest BCUT2D eigenvalue weighted by atomic mass is 10.2. The normalized spacial score (nSPS) is 11.3. The fourth-order valence-corrected chi connectivity index (χ4v) is 0.574. The molecule has 1 N–H and O–H groups in total. The highest BCUT2D eigenvalue weighted by Crippen LogP contribution is 1.92. The second kappa shape index (κ2) is 5.91. The average Bonchev–Trinajstić information content (AvgIpc) is 1.98. The Morgan fingerprint density at radius 2 is 2.60 bits per heavy atom. The van der Waals surface area contributed by atoms with Crippen molar-refractivity contribution in [2.24, 2.45) is 5.22 Å². The molecule has 0 aliphatic rings. The van der Waals surface area contributed by atoms with Gasteiger partial charge in [-0.3, -0.25) is 10.2 Å². The number of azide groups is 1. The first-order valence-corrected chi connectivity index (χ1v) is 3.10. The van der Waals surface area contributed by atoms with Gasteiger partial charge in [-0.1, -0.05) is 13.3 Å². The molecule has 0 amide bonds. The van der Waals surface area contributed by atoms with Crippen LogP contribution in [-0.2, 0) is 4.79 Å². The SMILES string of the molecule is CCC[C@@H](C=O)NN=[N+]=[N-]. The Morgan fingerprint density at radius 1 is 1.90 bits per heavy atom. The zero-order valence-corrected chi connectivity index (χ0v) is 5.82. The Kier molecular flexibility index (Phi) is 5.19. The maximum atomic E-state index is 10.2. The minimum Gasteiger partial charge on any atom is -0.299 e. The number of rotatable bonds is 5. The third-order valence-electron chi connectivity index (χ3n) is 1.03. The zero-order chi connectivity index (χ0) is 7.82. The van der Waals surface area contributed by atoms with Crippen LogP contribution >= 0.6 is 0 Å². The molecule has 0 rings (SSSR count). The molecule has 10 heavy (non-hydrogen) atoms. The predicted molar refractivity (Wildman–Crippen MR) is 37.0 cm³/mol. The van der Waals surface area contributed by atoms with E-state index in [1.54, 1.807) is 0 Å². The van der Waals surface area contributed by atoms with Gasteiger partial charge in [0.25, 0.3) is 0 Å². The number of carbonyl (C=O) groups is 1. The van der Waals surface area contributed by atoms with Gasteiger partial charge in [0.15, 0.2) is 12.3 Å². The van der Waals surface area contributed by atoms with Crippen molar-refractivity contribution >= 4 is 6.29 Å². The molecule has 0 unspecified atom stereocenters. The van der Waals surface area contributed by atoms with Crippen LogP contribution in [-0.4, -0.2) is 12.3 Å². The van der Waals surface area contributed by atoms with Crippen LogP contribution in [0.3, 0.4) is 0 Å². The molecule has 0 fully saturated rings. The van der Waals surface area contributed by atoms with E-state index in [9.17, 15) is 4.79 Å². The topological polar surface area (TPSA) is 77.9 Å². The van der Waals surface area contributed by atoms with Crippen LogP contribution in [0.5, 0.6) is 0 Å². The minimum absolute atomic E-state index is 0.333. The van der Waals surface area contributed by atoms with Crippen molar-refractivity contribution < 1.29 is 4.79 Å². The summed E-state index contributed by atoms with van der Waals surface area (Å²) >= 11 is 0. The number of hydrogen-bond donors (Lipinski definition) is 1. The molecular formula is C5H10N4O. The molecule has 5 nitrogen and oxygen atoms in total. The summed E-state index contributed by atoms with van der Waals surface area (Å²) in [5.41, 5.74) is 10.2. The molecule has 0 bridgehead atoms. The van der Waals surface area contributed by atoms with Gasteiger partial charge in [-0.25, -0.2) is 0 Å². The predicted octanol–water partition coefficient (Wildman–Crippen LogP) is 1.17. The summed E-state index contributed by atoms with van der Waals surface area (Å²) in [5, 5.41) is 3.06. The van der Waals surface area contributed by atoms with E-state index in [1.165, 1.54) is 0 Å². The smallest absolute Gasteiger partial charge is 0.164 e. The molecule has 0 aliphatic heterocycles. The molecule has 0 saturated heterocycles. The van der Waals surface area contributed by atoms with Gasteiger partial charge in [-0.2, -0.15) is 4.91 Å². The van der Waals surface area contributed by atoms with Crippen molar-refractivity contribution in [2.75, 3.05) is 0 Å². The molecule has 0 heterocycles. The Bertz CT molecular complexity index is 141. The zero-order valence-electron chi connectivity index (χ0n) is 5.82. The summed E-state index contributed by atoms with van der Waals surface area (Å²) in [6, 6.07) is -0.333. The summed E-state index contributed by atoms with van der Waals surface area (Å²) in [5.74, 6) is 0. The fourth-order valence-electron chi connectivity index (χ4n) is 0.574. The van der Waals surface area contributed by atoms with Crippen LogP contribution in [0.4, 0.5) is 0 Å². The second-order valence-electron chi connectivity index (χ2n) is 1.85. The number of carbonyl (C=O) groups excluding carboxylic acids is 1. The molecule has 56 valence electrons. The van der Waals surface area contributed by atoms with E-state index in [2.05, 4.69) is 15.6 Å². The lowest BCUT2D eigenvalue weighted by Crippen LogP contribution is -2.24. The lowest BCUT2D eigenvalue weighted by Gasteiger charge is -2.01. The van der Waals surface area contributed by atoms with E-state index < -0.39 is 0 Å². The summed E-state index contributed by atoms with van der Waals surface area (Å²) < 4.78 is 0. The number of hydrogen-bond acceptors (Lipinski definition) is 2. The summed E-state index contributed by atoms with van der Waals surface area (Å²) in [7, 11) is 0. The molecule has 0 saturated carbocycles. The Balaban J connectivity index is 3.58. The summed E-state index contributed by atoms with van der Waals surface area (Å²) in [4.78, 5) is 12.6. The maximum Gasteiger partial charge on any atom is 0.164 e. The van der Waals surface area contributed by atoms with Crippen LogP contribution in [0.1, 0.15) is 19.8 Å². The van der Waals surface area contributed by atoms with Crippen molar-refractivity contribution in [1.29, 1.82) is 0 Å². The van der Waals surface area contributed by atoms with Gasteiger partial charge in [0.05, 0.1) is 0 Å². The minimum atomic E-state index is -0.333. The van der Waals surface area contributed by atoms with Gasteiger partial charge < -0.3 is 0 Å². The number of nitrogens with one attached hydrogen (secondary N) is 1. The van der Waals surface area contributed by atoms with Crippen molar-refractivity contribution in [3.63, 3.8) is 0 Å². The van der Waals surface area contributed by atoms with E-state index in [1.807, 2.05) is 6.92 Å². The molecule has 0 aromatic rings. The van der Waals surface area contributed by atoms with Gasteiger partial charge in [0.1, 0.15) is 0 Å². The molecule has 0 aromatic carbocycles. The van der Waals surface area contributed by atoms with Crippen LogP contribution in [0.2, 0.25) is 0 Å². The van der Waals surface area contributed by atoms with Crippen molar-refractivity contribution in [2.45, 2.75) is 25.8 Å². The van der Waals surface area contributed by atoms with E-state index in [0.29, 0.717) is 6.42 Å². The van der Waals surface area contributed by atoms with Gasteiger partial charge in [-0.15, -0.1) is 5.53 Å². The number of aldehydes is 1. The highest BCUT2D eigenvalue weighted by molar-refractivity contribution is 5.57. The van der Waals surface area contributed by atoms with Gasteiger partial charge in [-0.05, 0) is 11.6 Å². The average molecular weight is 142 g/mol. The first-order chi connectivity index (χ1) is 4.85. The first-order valence-electron chi connectivity index (χ1n) is 3.10. The summed E-state index contributed by atoms with van der Waals surface area (Å²) in [6.07, 6.45) is 2.32. The van der Waals surface area contributed by atoms with Crippen molar-refractivity contribution in [3.05, 3.63) is 10.4 Å². The van der Waals surface area contributed by atoms with Crippen molar-refractivity contribution in [1.82, 2.24) is 5.43 Å². The van der Waals surface area contributed by atoms with Crippen LogP contribution in [0.15, 0.2) is 5.22 Å². The fraction of sp³-hybridized carbons (Fsp3) is 0.800. The van der Waals surface area contributed by atoms with E-state index in [0.717, 1.165) is 12.7 Å². The Morgan fingerprint density at radius 3 is 3.00 bits per heavy atom. The van der Waals surface area contributed by atoms with Crippen molar-refractivity contribution in [3.8, 4) is 0 Å². The van der Waals surface area contributed by atoms with Gasteiger partial charge in [0, 0.05) is 0 Å². The third kappa shape index (κ3) is 3.74. The standard InChI is InChI=1S/C5H10N4O/c1-2-3-5(4-10)7-9-8-6/h4-5,7H,2-3H2,1H3/t5-/m0/s1. The maximum absolute atomic E-state index is 10.2. The quantitative estimate of drug-likeness (QED) is 0.205. The molecule has 0 radical (unpaired) electrons. The van der Waals surface area contributed by atoms with Crippen LogP contribution in [0, 0.1) is 0 Å². The first kappa shape index (κ1) is 8.78. The molecule has 0 aromatic heterocycles. The number of nitrogens with zero attached hydrogens (tertiary/aromatic N) is 3. The highest BCUT2D eigenvalue weighted by Gasteiger charge is 2.04. The van der Waals surface area contributed by atoms with E-state index in [4.69, 9.17) is 5.53 Å². The monoisotopic (exact) mass is 142 g/mol. The molecule has 5 heteroatoms. The lowest BCUT2D eigenvalue weighted by molar-refractivity contribution is -0.109. The third-order valence-corrected chi connectivity index (χ3v) is 1.03. The van der Waals surface area contributed by atoms with Crippen LogP contribution < -0.4 is 5.43 Å². The summed E-state index contributed by atoms with van der Waals surface area (Å²) in [6.45, 7) is 1.95. The largest absolute Gasteiger partial charge is 0.299 e. The molecule has 1 atom stereocenters. The molecule has 0 aliphatic carbocycles. The van der Waals surface area contributed by atoms with Gasteiger partial charge in [0.2, 0.25) is 0 Å².